The first-order chi connectivity index (χ1) is 13.3. The predicted molar refractivity (Wildman–Crippen MR) is 100 cm³/mol. The molecule has 3 rings (SSSR count). The van der Waals surface area contributed by atoms with Crippen LogP contribution in [0.15, 0.2) is 47.3 Å². The highest BCUT2D eigenvalue weighted by molar-refractivity contribution is 5.90. The van der Waals surface area contributed by atoms with E-state index in [2.05, 4.69) is 10.4 Å². The first-order valence-electron chi connectivity index (χ1n) is 8.40. The van der Waals surface area contributed by atoms with Gasteiger partial charge in [-0.15, -0.1) is 0 Å². The Morgan fingerprint density at radius 2 is 1.89 bits per heavy atom. The van der Waals surface area contributed by atoms with E-state index in [9.17, 15) is 13.6 Å². The van der Waals surface area contributed by atoms with Gasteiger partial charge < -0.3 is 4.84 Å². The predicted octanol–water partition coefficient (Wildman–Crippen LogP) is 2.99. The fourth-order valence-electron chi connectivity index (χ4n) is 2.96. The Bertz CT molecular complexity index is 1100. The second-order valence-electron chi connectivity index (χ2n) is 6.26. The summed E-state index contributed by atoms with van der Waals surface area (Å²) in [6, 6.07) is 11.2. The average Bonchev–Trinajstić information content (AvgIpc) is 3.02. The summed E-state index contributed by atoms with van der Waals surface area (Å²) >= 11 is 0. The summed E-state index contributed by atoms with van der Waals surface area (Å²) in [5, 5.41) is 7.60. The zero-order valence-corrected chi connectivity index (χ0v) is 15.6. The van der Waals surface area contributed by atoms with Crippen molar-refractivity contribution in [3.63, 3.8) is 0 Å². The Morgan fingerprint density at radius 3 is 2.50 bits per heavy atom. The van der Waals surface area contributed by atoms with Crippen LogP contribution in [-0.2, 0) is 11.9 Å². The molecule has 1 heterocycles. The Kier molecular flexibility index (Phi) is 5.36. The van der Waals surface area contributed by atoms with Crippen molar-refractivity contribution in [2.75, 3.05) is 0 Å². The van der Waals surface area contributed by atoms with Gasteiger partial charge in [0.1, 0.15) is 0 Å². The molecule has 146 valence electrons. The maximum Gasteiger partial charge on any atom is 0.368 e. The first-order valence-corrected chi connectivity index (χ1v) is 8.40. The third-order valence-electron chi connectivity index (χ3n) is 4.46. The number of tetrazole rings is 1. The van der Waals surface area contributed by atoms with Crippen LogP contribution >= 0.6 is 0 Å². The van der Waals surface area contributed by atoms with E-state index in [0.29, 0.717) is 22.4 Å². The lowest BCUT2D eigenvalue weighted by atomic mass is 9.97. The number of nitrogens with zero attached hydrogens (tertiary/aromatic N) is 4. The molecule has 0 bridgehead atoms. The number of hydrogen-bond donors (Lipinski definition) is 1. The molecule has 28 heavy (non-hydrogen) atoms. The topological polar surface area (TPSA) is 88.0 Å². The van der Waals surface area contributed by atoms with Gasteiger partial charge in [0.05, 0.1) is 5.69 Å². The average molecular weight is 387 g/mol. The Labute approximate surface area is 159 Å². The molecule has 9 heteroatoms. The second kappa shape index (κ2) is 7.73. The van der Waals surface area contributed by atoms with Crippen molar-refractivity contribution in [1.82, 2.24) is 19.8 Å². The summed E-state index contributed by atoms with van der Waals surface area (Å²) in [7, 11) is 1.48. The lowest BCUT2D eigenvalue weighted by Gasteiger charge is -2.16. The van der Waals surface area contributed by atoms with E-state index in [-0.39, 0.29) is 11.3 Å². The molecule has 1 aromatic heterocycles. The zero-order chi connectivity index (χ0) is 20.4. The van der Waals surface area contributed by atoms with Crippen LogP contribution in [0.5, 0.6) is 0 Å². The fourth-order valence-corrected chi connectivity index (χ4v) is 2.96. The van der Waals surface area contributed by atoms with Crippen LogP contribution in [0, 0.1) is 6.92 Å². The molecule has 0 amide bonds. The lowest BCUT2D eigenvalue weighted by molar-refractivity contribution is 0.151. The summed E-state index contributed by atoms with van der Waals surface area (Å²) in [6.07, 6.45) is -2.60. The molecular weight excluding hydrogens is 368 g/mol. The molecule has 0 fully saturated rings. The molecule has 0 spiro atoms. The van der Waals surface area contributed by atoms with Crippen LogP contribution in [0.25, 0.3) is 17.0 Å². The lowest BCUT2D eigenvalue weighted by Crippen LogP contribution is -2.23. The Hall–Kier alpha value is -3.33. The smallest absolute Gasteiger partial charge is 0.368 e. The molecule has 7 nitrogen and oxygen atoms in total. The summed E-state index contributed by atoms with van der Waals surface area (Å²) < 4.78 is 28.4. The molecule has 0 aliphatic carbocycles. The number of hydrogen-bond acceptors (Lipinski definition) is 5. The summed E-state index contributed by atoms with van der Waals surface area (Å²) in [4.78, 5) is 17.5. The van der Waals surface area contributed by atoms with Gasteiger partial charge in [0, 0.05) is 23.7 Å². The summed E-state index contributed by atoms with van der Waals surface area (Å²) in [5.74, 6) is 5.81. The molecule has 2 N–H and O–H groups in total. The molecule has 0 saturated heterocycles. The number of aryl methyl sites for hydroxylation is 2. The molecule has 0 unspecified atom stereocenters. The molecular formula is C19H19F2N5O2. The van der Waals surface area contributed by atoms with Crippen molar-refractivity contribution < 1.29 is 13.6 Å². The third kappa shape index (κ3) is 3.44. The molecule has 0 aliphatic rings. The van der Waals surface area contributed by atoms with E-state index in [1.54, 1.807) is 31.2 Å². The van der Waals surface area contributed by atoms with Crippen molar-refractivity contribution >= 4 is 11.3 Å². The number of aromatic nitrogens is 4. The molecule has 2 aromatic carbocycles. The zero-order valence-electron chi connectivity index (χ0n) is 15.6. The largest absolute Gasteiger partial charge is 0.410 e. The van der Waals surface area contributed by atoms with Crippen LogP contribution in [0.1, 0.15) is 35.6 Å². The minimum atomic E-state index is -2.60. The number of halogens is 2. The van der Waals surface area contributed by atoms with E-state index in [4.69, 9.17) is 10.7 Å². The van der Waals surface area contributed by atoms with Crippen LogP contribution in [-0.4, -0.2) is 19.8 Å². The van der Waals surface area contributed by atoms with Crippen molar-refractivity contribution in [2.45, 2.75) is 20.3 Å². The minimum Gasteiger partial charge on any atom is -0.410 e. The van der Waals surface area contributed by atoms with E-state index < -0.39 is 12.1 Å². The van der Waals surface area contributed by atoms with E-state index >= 15 is 0 Å². The van der Waals surface area contributed by atoms with Gasteiger partial charge in [-0.2, -0.15) is 15.3 Å². The van der Waals surface area contributed by atoms with E-state index in [1.165, 1.54) is 19.2 Å². The normalized spacial score (nSPS) is 12.2. The summed E-state index contributed by atoms with van der Waals surface area (Å²) in [5.41, 5.74) is 2.22. The number of benzene rings is 2. The summed E-state index contributed by atoms with van der Waals surface area (Å²) in [6.45, 7) is 3.53. The third-order valence-corrected chi connectivity index (χ3v) is 4.46. The maximum atomic E-state index is 13.1. The highest BCUT2D eigenvalue weighted by atomic mass is 19.3. The molecule has 3 aromatic rings. The Morgan fingerprint density at radius 1 is 1.18 bits per heavy atom. The van der Waals surface area contributed by atoms with Gasteiger partial charge in [-0.05, 0) is 47.5 Å². The SMILES string of the molecule is C/C(=C(\ON)c1c(C)cccc1-n1nnn(C)c1=O)c1cccc(C(F)F)c1. The van der Waals surface area contributed by atoms with E-state index in [0.717, 1.165) is 14.9 Å². The maximum absolute atomic E-state index is 13.1. The second-order valence-corrected chi connectivity index (χ2v) is 6.26. The number of nitrogens with two attached hydrogens (primary N) is 1. The van der Waals surface area contributed by atoms with Gasteiger partial charge in [0.15, 0.2) is 5.76 Å². The van der Waals surface area contributed by atoms with Crippen molar-refractivity contribution in [3.05, 3.63) is 75.2 Å². The monoisotopic (exact) mass is 387 g/mol. The highest BCUT2D eigenvalue weighted by Gasteiger charge is 2.20. The minimum absolute atomic E-state index is 0.108. The van der Waals surface area contributed by atoms with Gasteiger partial charge in [-0.3, -0.25) is 0 Å². The Balaban J connectivity index is 2.26. The molecule has 0 radical (unpaired) electrons. The van der Waals surface area contributed by atoms with Crippen molar-refractivity contribution in [2.24, 2.45) is 12.9 Å². The van der Waals surface area contributed by atoms with Gasteiger partial charge >= 0.3 is 5.69 Å². The van der Waals surface area contributed by atoms with Crippen molar-refractivity contribution in [1.29, 1.82) is 0 Å². The van der Waals surface area contributed by atoms with Crippen LogP contribution in [0.3, 0.4) is 0 Å². The van der Waals surface area contributed by atoms with Gasteiger partial charge in [-0.1, -0.05) is 30.3 Å². The van der Waals surface area contributed by atoms with Gasteiger partial charge in [0.2, 0.25) is 0 Å². The molecule has 0 atom stereocenters. The quantitative estimate of drug-likeness (QED) is 0.413. The first kappa shape index (κ1) is 19.4. The fraction of sp³-hybridized carbons (Fsp3) is 0.211. The molecule has 0 aliphatic heterocycles. The van der Waals surface area contributed by atoms with Crippen LogP contribution < -0.4 is 11.6 Å². The van der Waals surface area contributed by atoms with E-state index in [1.807, 2.05) is 13.0 Å². The number of rotatable bonds is 5. The number of allylic oxidation sites excluding steroid dienone is 1. The van der Waals surface area contributed by atoms with Crippen molar-refractivity contribution in [3.8, 4) is 5.69 Å². The van der Waals surface area contributed by atoms with Crippen LogP contribution in [0.4, 0.5) is 8.78 Å². The number of alkyl halides is 2. The highest BCUT2D eigenvalue weighted by Crippen LogP contribution is 2.33. The molecule has 0 saturated carbocycles. The standard InChI is InChI=1S/C19H19F2N5O2/c1-11-6-4-9-15(26-19(27)25(3)23-24-26)16(11)17(28-22)12(2)13-7-5-8-14(10-13)18(20)21/h4-10,18H,22H2,1-3H3/b17-12+. The van der Waals surface area contributed by atoms with Crippen LogP contribution in [0.2, 0.25) is 0 Å². The van der Waals surface area contributed by atoms with Gasteiger partial charge in [0.25, 0.3) is 6.43 Å². The van der Waals surface area contributed by atoms with Gasteiger partial charge in [-0.25, -0.2) is 13.6 Å².